The minimum atomic E-state index is -0.324. The molecule has 1 aromatic heterocycles. The minimum absolute atomic E-state index is 0.258. The zero-order valence-electron chi connectivity index (χ0n) is 19.4. The zero-order valence-corrected chi connectivity index (χ0v) is 19.4. The first kappa shape index (κ1) is 22.8. The van der Waals surface area contributed by atoms with E-state index in [4.69, 9.17) is 14.3 Å². The number of aromatic nitrogens is 4. The van der Waals surface area contributed by atoms with Gasteiger partial charge in [-0.15, -0.1) is 0 Å². The fraction of sp³-hybridized carbons (Fsp3) is 0.200. The summed E-state index contributed by atoms with van der Waals surface area (Å²) in [5.74, 6) is 1.45. The second-order valence-corrected chi connectivity index (χ2v) is 7.55. The number of hydrogen-bond donors (Lipinski definition) is 0. The molecule has 0 fully saturated rings. The Bertz CT molecular complexity index is 1390. The van der Waals surface area contributed by atoms with Gasteiger partial charge >= 0.3 is 5.69 Å². The fourth-order valence-corrected chi connectivity index (χ4v) is 3.55. The number of oxime groups is 1. The smallest absolute Gasteiger partial charge is 0.368 e. The Balaban J connectivity index is 1.59. The molecule has 1 heterocycles. The van der Waals surface area contributed by atoms with E-state index < -0.39 is 0 Å². The van der Waals surface area contributed by atoms with Crippen molar-refractivity contribution in [2.75, 3.05) is 14.2 Å². The van der Waals surface area contributed by atoms with Crippen LogP contribution in [0.4, 0.5) is 0 Å². The summed E-state index contributed by atoms with van der Waals surface area (Å²) in [6, 6.07) is 20.9. The van der Waals surface area contributed by atoms with E-state index in [1.165, 1.54) is 16.5 Å². The summed E-state index contributed by atoms with van der Waals surface area (Å²) in [4.78, 5) is 17.4. The second-order valence-electron chi connectivity index (χ2n) is 7.55. The van der Waals surface area contributed by atoms with E-state index in [0.717, 1.165) is 28.0 Å². The molecule has 9 heteroatoms. The summed E-state index contributed by atoms with van der Waals surface area (Å²) in [5, 5.41) is 12.0. The molecule has 4 aromatic rings. The quantitative estimate of drug-likeness (QED) is 0.297. The van der Waals surface area contributed by atoms with Crippen molar-refractivity contribution in [3.05, 3.63) is 99.5 Å². The van der Waals surface area contributed by atoms with Crippen LogP contribution in [-0.2, 0) is 18.5 Å². The summed E-state index contributed by atoms with van der Waals surface area (Å²) < 4.78 is 13.9. The lowest BCUT2D eigenvalue weighted by Gasteiger charge is -2.14. The number of methoxy groups -OCH3 is 1. The van der Waals surface area contributed by atoms with Crippen molar-refractivity contribution in [3.8, 4) is 17.2 Å². The number of benzene rings is 3. The van der Waals surface area contributed by atoms with Crippen molar-refractivity contribution >= 4 is 5.71 Å². The first-order valence-electron chi connectivity index (χ1n) is 10.6. The standard InChI is InChI=1S/C25H25N5O4/c1-17-14-19(24(26-33-4)18-9-7-10-21(15-18)32-3)12-13-23(17)34-16-20-8-5-6-11-22(20)30-25(31)29(2)27-28-30/h5-15H,16H2,1-4H3. The van der Waals surface area contributed by atoms with E-state index in [2.05, 4.69) is 15.6 Å². The third kappa shape index (κ3) is 4.68. The van der Waals surface area contributed by atoms with Crippen molar-refractivity contribution in [2.24, 2.45) is 12.2 Å². The van der Waals surface area contributed by atoms with Crippen LogP contribution in [-0.4, -0.2) is 39.7 Å². The van der Waals surface area contributed by atoms with Gasteiger partial charge in [-0.25, -0.2) is 4.79 Å². The lowest BCUT2D eigenvalue weighted by atomic mass is 10.00. The van der Waals surface area contributed by atoms with Crippen LogP contribution < -0.4 is 15.2 Å². The average Bonchev–Trinajstić information content (AvgIpc) is 3.19. The third-order valence-corrected chi connectivity index (χ3v) is 5.30. The molecule has 0 aliphatic rings. The molecule has 34 heavy (non-hydrogen) atoms. The Hall–Kier alpha value is -4.40. The van der Waals surface area contributed by atoms with E-state index in [1.807, 2.05) is 73.7 Å². The maximum Gasteiger partial charge on any atom is 0.368 e. The number of nitrogens with zero attached hydrogens (tertiary/aromatic N) is 5. The summed E-state index contributed by atoms with van der Waals surface area (Å²) in [6.07, 6.45) is 0. The van der Waals surface area contributed by atoms with Gasteiger partial charge in [0.05, 0.1) is 12.8 Å². The van der Waals surface area contributed by atoms with Crippen LogP contribution in [0.1, 0.15) is 22.3 Å². The molecule has 0 radical (unpaired) electrons. The van der Waals surface area contributed by atoms with Gasteiger partial charge in [0, 0.05) is 23.7 Å². The van der Waals surface area contributed by atoms with E-state index in [9.17, 15) is 4.79 Å². The van der Waals surface area contributed by atoms with Gasteiger partial charge < -0.3 is 14.3 Å². The molecule has 3 aromatic carbocycles. The number of para-hydroxylation sites is 1. The Morgan fingerprint density at radius 2 is 1.76 bits per heavy atom. The van der Waals surface area contributed by atoms with Gasteiger partial charge in [0.2, 0.25) is 0 Å². The van der Waals surface area contributed by atoms with Gasteiger partial charge in [-0.1, -0.05) is 35.5 Å². The number of rotatable bonds is 8. The highest BCUT2D eigenvalue weighted by Gasteiger charge is 2.14. The molecule has 0 saturated heterocycles. The molecule has 0 saturated carbocycles. The SMILES string of the molecule is CON=C(c1cccc(OC)c1)c1ccc(OCc2ccccc2-n2nnn(C)c2=O)c(C)c1. The predicted molar refractivity (Wildman–Crippen MR) is 128 cm³/mol. The maximum absolute atomic E-state index is 12.3. The second kappa shape index (κ2) is 10.0. The first-order valence-corrected chi connectivity index (χ1v) is 10.6. The summed E-state index contributed by atoms with van der Waals surface area (Å²) >= 11 is 0. The van der Waals surface area contributed by atoms with Crippen LogP contribution in [0.15, 0.2) is 76.7 Å². The van der Waals surface area contributed by atoms with E-state index in [1.54, 1.807) is 14.2 Å². The molecule has 0 amide bonds. The van der Waals surface area contributed by atoms with Crippen molar-refractivity contribution in [3.63, 3.8) is 0 Å². The molecule has 0 N–H and O–H groups in total. The molecule has 0 spiro atoms. The largest absolute Gasteiger partial charge is 0.497 e. The number of aryl methyl sites for hydroxylation is 2. The summed E-state index contributed by atoms with van der Waals surface area (Å²) in [5.41, 5.74) is 4.48. The number of tetrazole rings is 1. The van der Waals surface area contributed by atoms with Crippen LogP contribution in [0.5, 0.6) is 11.5 Å². The molecular formula is C25H25N5O4. The average molecular weight is 460 g/mol. The van der Waals surface area contributed by atoms with Crippen LogP contribution >= 0.6 is 0 Å². The van der Waals surface area contributed by atoms with Crippen molar-refractivity contribution in [1.29, 1.82) is 0 Å². The van der Waals surface area contributed by atoms with Gasteiger partial charge in [-0.05, 0) is 59.3 Å². The normalized spacial score (nSPS) is 11.4. The zero-order chi connectivity index (χ0) is 24.1. The number of ether oxygens (including phenoxy) is 2. The maximum atomic E-state index is 12.3. The van der Waals surface area contributed by atoms with Crippen molar-refractivity contribution in [1.82, 2.24) is 19.8 Å². The molecule has 0 aliphatic heterocycles. The molecule has 0 unspecified atom stereocenters. The topological polar surface area (TPSA) is 92.8 Å². The fourth-order valence-electron chi connectivity index (χ4n) is 3.55. The Morgan fingerprint density at radius 3 is 2.47 bits per heavy atom. The minimum Gasteiger partial charge on any atom is -0.497 e. The molecule has 9 nitrogen and oxygen atoms in total. The molecule has 0 aliphatic carbocycles. The molecule has 4 rings (SSSR count). The van der Waals surface area contributed by atoms with Gasteiger partial charge in [-0.2, -0.15) is 9.36 Å². The Morgan fingerprint density at radius 1 is 0.971 bits per heavy atom. The van der Waals surface area contributed by atoms with E-state index in [0.29, 0.717) is 17.1 Å². The van der Waals surface area contributed by atoms with Crippen LogP contribution in [0, 0.1) is 6.92 Å². The highest BCUT2D eigenvalue weighted by atomic mass is 16.6. The molecule has 0 atom stereocenters. The molecular weight excluding hydrogens is 434 g/mol. The van der Waals surface area contributed by atoms with Gasteiger partial charge in [0.1, 0.15) is 30.9 Å². The van der Waals surface area contributed by atoms with Crippen LogP contribution in [0.3, 0.4) is 0 Å². The Kier molecular flexibility index (Phi) is 6.72. The highest BCUT2D eigenvalue weighted by molar-refractivity contribution is 6.13. The lowest BCUT2D eigenvalue weighted by Crippen LogP contribution is -2.23. The van der Waals surface area contributed by atoms with Crippen molar-refractivity contribution < 1.29 is 14.3 Å². The lowest BCUT2D eigenvalue weighted by molar-refractivity contribution is 0.214. The van der Waals surface area contributed by atoms with Gasteiger partial charge in [0.15, 0.2) is 0 Å². The molecule has 0 bridgehead atoms. The summed E-state index contributed by atoms with van der Waals surface area (Å²) in [6.45, 7) is 2.22. The monoisotopic (exact) mass is 459 g/mol. The van der Waals surface area contributed by atoms with E-state index >= 15 is 0 Å². The Labute approximate surface area is 196 Å². The summed E-state index contributed by atoms with van der Waals surface area (Å²) in [7, 11) is 4.70. The van der Waals surface area contributed by atoms with Crippen molar-refractivity contribution in [2.45, 2.75) is 13.5 Å². The highest BCUT2D eigenvalue weighted by Crippen LogP contribution is 2.24. The molecule has 174 valence electrons. The van der Waals surface area contributed by atoms with E-state index in [-0.39, 0.29) is 12.3 Å². The predicted octanol–water partition coefficient (Wildman–Crippen LogP) is 3.26. The van der Waals surface area contributed by atoms with Crippen LogP contribution in [0.25, 0.3) is 5.69 Å². The van der Waals surface area contributed by atoms with Gasteiger partial charge in [-0.3, -0.25) is 0 Å². The number of hydrogen-bond acceptors (Lipinski definition) is 7. The first-order chi connectivity index (χ1) is 16.5. The van der Waals surface area contributed by atoms with Crippen LogP contribution in [0.2, 0.25) is 0 Å². The van der Waals surface area contributed by atoms with Gasteiger partial charge in [0.25, 0.3) is 0 Å². The third-order valence-electron chi connectivity index (χ3n) is 5.30.